The Morgan fingerprint density at radius 1 is 0.338 bits per heavy atom. The normalized spacial score (nSPS) is 13.3. The number of allylic oxidation sites excluding steroid dienone is 22. The molecule has 0 bridgehead atoms. The summed E-state index contributed by atoms with van der Waals surface area (Å²) >= 11 is 0. The molecule has 0 spiro atoms. The van der Waals surface area contributed by atoms with Crippen molar-refractivity contribution in [3.05, 3.63) is 134 Å². The van der Waals surface area contributed by atoms with Gasteiger partial charge < -0.3 is 14.2 Å². The number of rotatable bonds is 49. The number of hydrogen-bond acceptors (Lipinski definition) is 5. The molecule has 1 atom stereocenters. The number of ether oxygens (including phenoxy) is 3. The third-order valence-electron chi connectivity index (χ3n) is 11.2. The van der Waals surface area contributed by atoms with Crippen molar-refractivity contribution in [3.8, 4) is 0 Å². The Morgan fingerprint density at radius 2 is 0.691 bits per heavy atom. The summed E-state index contributed by atoms with van der Waals surface area (Å²) in [6.07, 6.45) is 81.9. The molecule has 0 amide bonds. The minimum absolute atomic E-state index is 0.0259. The van der Waals surface area contributed by atoms with E-state index in [0.29, 0.717) is 25.9 Å². The SMILES string of the molecule is CC/C=C\C/C=C\C/C=C\C/C=C\C/C=C\C/C=C\CCC(=O)OCC(COCCCCCC/C=C\C/C=C\C/C=C\CC)OC(=O)CCCCCCCCCCC/C=C\C/C=C\CCCCC. The van der Waals surface area contributed by atoms with E-state index in [-0.39, 0.29) is 25.2 Å². The zero-order valence-corrected chi connectivity index (χ0v) is 44.1. The zero-order valence-electron chi connectivity index (χ0n) is 44.1. The van der Waals surface area contributed by atoms with Gasteiger partial charge in [0.1, 0.15) is 6.61 Å². The predicted molar refractivity (Wildman–Crippen MR) is 297 cm³/mol. The molecule has 0 rings (SSSR count). The Kier molecular flexibility index (Phi) is 54.0. The molecule has 0 aromatic rings. The minimum Gasteiger partial charge on any atom is -0.462 e. The van der Waals surface area contributed by atoms with Crippen LogP contribution in [0.3, 0.4) is 0 Å². The highest BCUT2D eigenvalue weighted by molar-refractivity contribution is 5.70. The molecule has 68 heavy (non-hydrogen) atoms. The molecule has 1 unspecified atom stereocenters. The molecular formula is C63H102O5. The molecule has 0 aromatic carbocycles. The number of hydrogen-bond donors (Lipinski definition) is 0. The Labute approximate surface area is 419 Å². The predicted octanol–water partition coefficient (Wildman–Crippen LogP) is 19.1. The van der Waals surface area contributed by atoms with Gasteiger partial charge in [0.05, 0.1) is 6.61 Å². The maximum atomic E-state index is 12.9. The summed E-state index contributed by atoms with van der Waals surface area (Å²) in [7, 11) is 0. The van der Waals surface area contributed by atoms with Gasteiger partial charge >= 0.3 is 11.9 Å². The number of carbonyl (C=O) groups excluding carboxylic acids is 2. The zero-order chi connectivity index (χ0) is 49.2. The fourth-order valence-electron chi connectivity index (χ4n) is 7.11. The van der Waals surface area contributed by atoms with Crippen LogP contribution in [-0.4, -0.2) is 37.9 Å². The van der Waals surface area contributed by atoms with Gasteiger partial charge in [0.25, 0.3) is 0 Å². The van der Waals surface area contributed by atoms with Crippen LogP contribution in [0.4, 0.5) is 0 Å². The molecule has 0 aliphatic heterocycles. The molecule has 0 saturated heterocycles. The fourth-order valence-corrected chi connectivity index (χ4v) is 7.11. The van der Waals surface area contributed by atoms with E-state index >= 15 is 0 Å². The van der Waals surface area contributed by atoms with E-state index < -0.39 is 6.10 Å². The van der Waals surface area contributed by atoms with Crippen molar-refractivity contribution >= 4 is 11.9 Å². The second kappa shape index (κ2) is 57.4. The van der Waals surface area contributed by atoms with Gasteiger partial charge in [-0.2, -0.15) is 0 Å². The van der Waals surface area contributed by atoms with Crippen molar-refractivity contribution in [2.24, 2.45) is 0 Å². The molecule has 0 heterocycles. The lowest BCUT2D eigenvalue weighted by molar-refractivity contribution is -0.162. The van der Waals surface area contributed by atoms with Crippen LogP contribution in [0.1, 0.15) is 226 Å². The topological polar surface area (TPSA) is 61.8 Å². The average molecular weight is 940 g/mol. The van der Waals surface area contributed by atoms with E-state index in [9.17, 15) is 9.59 Å². The van der Waals surface area contributed by atoms with Gasteiger partial charge in [-0.25, -0.2) is 0 Å². The van der Waals surface area contributed by atoms with Gasteiger partial charge in [0, 0.05) is 19.4 Å². The number of esters is 2. The van der Waals surface area contributed by atoms with Crippen LogP contribution in [0.15, 0.2) is 134 Å². The first kappa shape index (κ1) is 64.0. The third kappa shape index (κ3) is 54.6. The molecule has 0 radical (unpaired) electrons. The van der Waals surface area contributed by atoms with E-state index in [0.717, 1.165) is 109 Å². The van der Waals surface area contributed by atoms with Gasteiger partial charge in [-0.15, -0.1) is 0 Å². The molecule has 0 aliphatic carbocycles. The molecule has 0 fully saturated rings. The maximum Gasteiger partial charge on any atom is 0.306 e. The highest BCUT2D eigenvalue weighted by atomic mass is 16.6. The van der Waals surface area contributed by atoms with Gasteiger partial charge in [0.15, 0.2) is 6.10 Å². The van der Waals surface area contributed by atoms with Crippen molar-refractivity contribution < 1.29 is 23.8 Å². The summed E-state index contributed by atoms with van der Waals surface area (Å²) in [5.41, 5.74) is 0. The van der Waals surface area contributed by atoms with Crippen molar-refractivity contribution in [1.29, 1.82) is 0 Å². The summed E-state index contributed by atoms with van der Waals surface area (Å²) in [4.78, 5) is 25.5. The molecule has 0 saturated carbocycles. The van der Waals surface area contributed by atoms with Crippen LogP contribution < -0.4 is 0 Å². The summed E-state index contributed by atoms with van der Waals surface area (Å²) in [5.74, 6) is -0.519. The molecule has 5 heteroatoms. The van der Waals surface area contributed by atoms with Gasteiger partial charge in [-0.3, -0.25) is 9.59 Å². The van der Waals surface area contributed by atoms with Crippen LogP contribution in [0.25, 0.3) is 0 Å². The van der Waals surface area contributed by atoms with E-state index in [1.807, 2.05) is 6.08 Å². The summed E-state index contributed by atoms with van der Waals surface area (Å²) in [5, 5.41) is 0. The molecule has 0 N–H and O–H groups in total. The Morgan fingerprint density at radius 3 is 1.12 bits per heavy atom. The Bertz CT molecular complexity index is 1430. The first-order valence-electron chi connectivity index (χ1n) is 27.7. The lowest BCUT2D eigenvalue weighted by atomic mass is 10.1. The second-order valence-electron chi connectivity index (χ2n) is 17.7. The molecule has 0 aliphatic rings. The molecule has 384 valence electrons. The van der Waals surface area contributed by atoms with Gasteiger partial charge in [0.2, 0.25) is 0 Å². The summed E-state index contributed by atoms with van der Waals surface area (Å²) < 4.78 is 17.3. The van der Waals surface area contributed by atoms with Crippen LogP contribution in [0.5, 0.6) is 0 Å². The van der Waals surface area contributed by atoms with E-state index in [4.69, 9.17) is 14.2 Å². The standard InChI is InChI=1S/C63H102O5/c1-4-7-10-13-16-19-22-25-28-30-32-34-36-38-41-44-47-50-53-56-62(64)67-60-61(59-66-58-55-52-49-46-43-40-27-24-21-18-15-12-9-6-3)68-63(65)57-54-51-48-45-42-39-37-35-33-31-29-26-23-20-17-14-11-8-5-2/h7,9-10,12,16-21,25-29,32,34,38,40-41,47,50,61H,4-6,8,11,13-15,22-24,30-31,33,35-37,39,42-46,48-49,51-60H2,1-3H3/b10-7-,12-9-,19-16-,20-17-,21-18-,28-25-,29-26-,34-32-,40-27-,41-38-,50-47-. The quantitative estimate of drug-likeness (QED) is 0.0345. The number of unbranched alkanes of at least 4 members (excludes halogenated alkanes) is 16. The minimum atomic E-state index is -0.591. The largest absolute Gasteiger partial charge is 0.462 e. The summed E-state index contributed by atoms with van der Waals surface area (Å²) in [6, 6.07) is 0. The Hall–Kier alpha value is -3.96. The van der Waals surface area contributed by atoms with Crippen LogP contribution in [-0.2, 0) is 23.8 Å². The monoisotopic (exact) mass is 939 g/mol. The molecule has 5 nitrogen and oxygen atoms in total. The van der Waals surface area contributed by atoms with Crippen molar-refractivity contribution in [3.63, 3.8) is 0 Å². The van der Waals surface area contributed by atoms with E-state index in [2.05, 4.69) is 148 Å². The second-order valence-corrected chi connectivity index (χ2v) is 17.7. The van der Waals surface area contributed by atoms with Crippen molar-refractivity contribution in [2.75, 3.05) is 19.8 Å². The van der Waals surface area contributed by atoms with Crippen LogP contribution in [0, 0.1) is 0 Å². The van der Waals surface area contributed by atoms with Gasteiger partial charge in [-0.1, -0.05) is 225 Å². The van der Waals surface area contributed by atoms with Crippen LogP contribution >= 0.6 is 0 Å². The summed E-state index contributed by atoms with van der Waals surface area (Å²) in [6.45, 7) is 7.43. The average Bonchev–Trinajstić information content (AvgIpc) is 3.34. The lowest BCUT2D eigenvalue weighted by Gasteiger charge is -2.18. The third-order valence-corrected chi connectivity index (χ3v) is 11.2. The van der Waals surface area contributed by atoms with E-state index in [1.165, 1.54) is 77.0 Å². The highest BCUT2D eigenvalue weighted by Gasteiger charge is 2.17. The van der Waals surface area contributed by atoms with Gasteiger partial charge in [-0.05, 0) is 122 Å². The number of carbonyl (C=O) groups is 2. The maximum absolute atomic E-state index is 12.9. The van der Waals surface area contributed by atoms with E-state index in [1.54, 1.807) is 0 Å². The first-order chi connectivity index (χ1) is 33.6. The fraction of sp³-hybridized carbons (Fsp3) is 0.619. The first-order valence-corrected chi connectivity index (χ1v) is 27.7. The molecular weight excluding hydrogens is 837 g/mol. The van der Waals surface area contributed by atoms with Crippen molar-refractivity contribution in [1.82, 2.24) is 0 Å². The lowest BCUT2D eigenvalue weighted by Crippen LogP contribution is -2.30. The smallest absolute Gasteiger partial charge is 0.306 e. The molecule has 0 aromatic heterocycles. The van der Waals surface area contributed by atoms with Crippen LogP contribution in [0.2, 0.25) is 0 Å². The van der Waals surface area contributed by atoms with Crippen molar-refractivity contribution in [2.45, 2.75) is 232 Å². The highest BCUT2D eigenvalue weighted by Crippen LogP contribution is 2.13. The Balaban J connectivity index is 4.44.